The SMILES string of the molecule is CC(O)CN(C)CC/C=C1/c2ccccc2CSc2ccccc21.Cl. The van der Waals surface area contributed by atoms with Crippen LogP contribution in [0.25, 0.3) is 5.57 Å². The summed E-state index contributed by atoms with van der Waals surface area (Å²) in [5, 5.41) is 9.51. The summed E-state index contributed by atoms with van der Waals surface area (Å²) >= 11 is 1.92. The molecule has 1 N–H and O–H groups in total. The molecule has 2 aromatic rings. The summed E-state index contributed by atoms with van der Waals surface area (Å²) < 4.78 is 0. The van der Waals surface area contributed by atoms with Crippen LogP contribution >= 0.6 is 24.2 Å². The zero-order valence-corrected chi connectivity index (χ0v) is 16.4. The average molecular weight is 376 g/mol. The average Bonchev–Trinajstić information content (AvgIpc) is 2.72. The molecule has 0 amide bonds. The molecular formula is C21H26ClNOS. The van der Waals surface area contributed by atoms with Crippen molar-refractivity contribution in [2.24, 2.45) is 0 Å². The van der Waals surface area contributed by atoms with E-state index in [0.717, 1.165) is 18.7 Å². The van der Waals surface area contributed by atoms with Crippen molar-refractivity contribution >= 4 is 29.7 Å². The number of nitrogens with zero attached hydrogens (tertiary/aromatic N) is 1. The maximum absolute atomic E-state index is 9.51. The molecule has 0 aromatic heterocycles. The lowest BCUT2D eigenvalue weighted by molar-refractivity contribution is 0.142. The molecule has 25 heavy (non-hydrogen) atoms. The molecule has 0 bridgehead atoms. The van der Waals surface area contributed by atoms with Crippen LogP contribution in [-0.4, -0.2) is 36.2 Å². The minimum atomic E-state index is -0.279. The highest BCUT2D eigenvalue weighted by Gasteiger charge is 2.17. The van der Waals surface area contributed by atoms with E-state index in [4.69, 9.17) is 0 Å². The molecule has 134 valence electrons. The number of aliphatic hydroxyl groups excluding tert-OH is 1. The van der Waals surface area contributed by atoms with Crippen LogP contribution in [0.1, 0.15) is 30.0 Å². The molecule has 1 unspecified atom stereocenters. The second-order valence-corrected chi connectivity index (χ2v) is 7.48. The van der Waals surface area contributed by atoms with Gasteiger partial charge in [0.05, 0.1) is 6.10 Å². The Balaban J connectivity index is 0.00000225. The first kappa shape index (κ1) is 20.1. The molecule has 1 atom stereocenters. The molecule has 2 aromatic carbocycles. The number of rotatable bonds is 5. The molecule has 4 heteroatoms. The highest BCUT2D eigenvalue weighted by Crippen LogP contribution is 2.39. The van der Waals surface area contributed by atoms with Gasteiger partial charge < -0.3 is 10.0 Å². The van der Waals surface area contributed by atoms with Crippen molar-refractivity contribution in [3.05, 3.63) is 71.3 Å². The van der Waals surface area contributed by atoms with Gasteiger partial charge in [0.25, 0.3) is 0 Å². The van der Waals surface area contributed by atoms with Crippen LogP contribution in [-0.2, 0) is 5.75 Å². The Labute approximate surface area is 161 Å². The van der Waals surface area contributed by atoms with Crippen LogP contribution in [0, 0.1) is 0 Å². The van der Waals surface area contributed by atoms with Crippen molar-refractivity contribution < 1.29 is 5.11 Å². The third-order valence-corrected chi connectivity index (χ3v) is 5.43. The molecule has 0 spiro atoms. The Kier molecular flexibility index (Phi) is 7.57. The topological polar surface area (TPSA) is 23.5 Å². The van der Waals surface area contributed by atoms with E-state index < -0.39 is 0 Å². The van der Waals surface area contributed by atoms with Gasteiger partial charge in [-0.15, -0.1) is 24.2 Å². The summed E-state index contributed by atoms with van der Waals surface area (Å²) in [4.78, 5) is 3.54. The lowest BCUT2D eigenvalue weighted by atomic mass is 9.93. The van der Waals surface area contributed by atoms with Gasteiger partial charge in [-0.3, -0.25) is 0 Å². The van der Waals surface area contributed by atoms with Crippen LogP contribution < -0.4 is 0 Å². The molecule has 2 nitrogen and oxygen atoms in total. The predicted molar refractivity (Wildman–Crippen MR) is 111 cm³/mol. The van der Waals surface area contributed by atoms with E-state index in [1.54, 1.807) is 0 Å². The summed E-state index contributed by atoms with van der Waals surface area (Å²) in [6.45, 7) is 3.50. The van der Waals surface area contributed by atoms with Gasteiger partial charge in [0.15, 0.2) is 0 Å². The molecule has 3 rings (SSSR count). The maximum Gasteiger partial charge on any atom is 0.0638 e. The Morgan fingerprint density at radius 1 is 1.12 bits per heavy atom. The highest BCUT2D eigenvalue weighted by atomic mass is 35.5. The summed E-state index contributed by atoms with van der Waals surface area (Å²) in [6, 6.07) is 17.4. The number of fused-ring (bicyclic) bond motifs is 2. The van der Waals surface area contributed by atoms with Gasteiger partial charge in [-0.1, -0.05) is 48.5 Å². The third-order valence-electron chi connectivity index (χ3n) is 4.30. The number of likely N-dealkylation sites (N-methyl/N-ethyl adjacent to an activating group) is 1. The van der Waals surface area contributed by atoms with Crippen LogP contribution in [0.3, 0.4) is 0 Å². The van der Waals surface area contributed by atoms with Crippen molar-refractivity contribution in [1.82, 2.24) is 4.90 Å². The second kappa shape index (κ2) is 9.44. The zero-order chi connectivity index (χ0) is 16.9. The summed E-state index contributed by atoms with van der Waals surface area (Å²) in [7, 11) is 2.07. The van der Waals surface area contributed by atoms with Crippen molar-refractivity contribution in [3.63, 3.8) is 0 Å². The van der Waals surface area contributed by atoms with E-state index in [1.165, 1.54) is 27.2 Å². The van der Waals surface area contributed by atoms with E-state index in [0.29, 0.717) is 6.54 Å². The van der Waals surface area contributed by atoms with E-state index >= 15 is 0 Å². The van der Waals surface area contributed by atoms with Crippen LogP contribution in [0.4, 0.5) is 0 Å². The Morgan fingerprint density at radius 2 is 1.80 bits per heavy atom. The van der Waals surface area contributed by atoms with Gasteiger partial charge in [-0.2, -0.15) is 0 Å². The Bertz CT molecular complexity index is 680. The highest BCUT2D eigenvalue weighted by molar-refractivity contribution is 7.98. The molecule has 1 heterocycles. The number of hydrogen-bond donors (Lipinski definition) is 1. The van der Waals surface area contributed by atoms with Gasteiger partial charge >= 0.3 is 0 Å². The van der Waals surface area contributed by atoms with Crippen molar-refractivity contribution in [2.45, 2.75) is 30.1 Å². The fourth-order valence-electron chi connectivity index (χ4n) is 3.22. The number of aliphatic hydroxyl groups is 1. The number of halogens is 1. The van der Waals surface area contributed by atoms with Gasteiger partial charge in [-0.25, -0.2) is 0 Å². The summed E-state index contributed by atoms with van der Waals surface area (Å²) in [5.41, 5.74) is 5.44. The third kappa shape index (κ3) is 5.11. The molecule has 0 aliphatic carbocycles. The smallest absolute Gasteiger partial charge is 0.0638 e. The minimum absolute atomic E-state index is 0. The van der Waals surface area contributed by atoms with E-state index in [-0.39, 0.29) is 18.5 Å². The largest absolute Gasteiger partial charge is 0.392 e. The second-order valence-electron chi connectivity index (χ2n) is 6.46. The molecular weight excluding hydrogens is 350 g/mol. The van der Waals surface area contributed by atoms with Crippen LogP contribution in [0.15, 0.2) is 59.5 Å². The fraction of sp³-hybridized carbons (Fsp3) is 0.333. The number of thioether (sulfide) groups is 1. The van der Waals surface area contributed by atoms with Crippen molar-refractivity contribution in [2.75, 3.05) is 20.1 Å². The van der Waals surface area contributed by atoms with Gasteiger partial charge in [0, 0.05) is 23.7 Å². The first-order valence-electron chi connectivity index (χ1n) is 8.52. The predicted octanol–water partition coefficient (Wildman–Crippen LogP) is 4.85. The minimum Gasteiger partial charge on any atom is -0.392 e. The van der Waals surface area contributed by atoms with Gasteiger partial charge in [-0.05, 0) is 48.7 Å². The lowest BCUT2D eigenvalue weighted by Crippen LogP contribution is -2.27. The monoisotopic (exact) mass is 375 g/mol. The molecule has 1 aliphatic rings. The van der Waals surface area contributed by atoms with Crippen molar-refractivity contribution in [3.8, 4) is 0 Å². The molecule has 0 fully saturated rings. The normalized spacial score (nSPS) is 15.9. The maximum atomic E-state index is 9.51. The number of benzene rings is 2. The zero-order valence-electron chi connectivity index (χ0n) is 14.8. The van der Waals surface area contributed by atoms with Gasteiger partial charge in [0.1, 0.15) is 0 Å². The van der Waals surface area contributed by atoms with Crippen LogP contribution in [0.5, 0.6) is 0 Å². The van der Waals surface area contributed by atoms with Crippen molar-refractivity contribution in [1.29, 1.82) is 0 Å². The first-order valence-corrected chi connectivity index (χ1v) is 9.51. The van der Waals surface area contributed by atoms with E-state index in [2.05, 4.69) is 66.6 Å². The van der Waals surface area contributed by atoms with E-state index in [9.17, 15) is 5.11 Å². The fourth-order valence-corrected chi connectivity index (χ4v) is 4.29. The standard InChI is InChI=1S/C21H25NOS.ClH/c1-16(23)14-22(2)13-7-11-19-18-9-4-3-8-17(18)15-24-21-12-6-5-10-20(19)21;/h3-6,8-12,16,23H,7,13-15H2,1-2H3;1H/b19-11-;. The van der Waals surface area contributed by atoms with Crippen LogP contribution in [0.2, 0.25) is 0 Å². The molecule has 1 aliphatic heterocycles. The summed E-state index contributed by atoms with van der Waals surface area (Å²) in [6.07, 6.45) is 3.06. The van der Waals surface area contributed by atoms with Gasteiger partial charge in [0.2, 0.25) is 0 Å². The quantitative estimate of drug-likeness (QED) is 0.808. The Morgan fingerprint density at radius 3 is 2.56 bits per heavy atom. The molecule has 0 saturated heterocycles. The summed E-state index contributed by atoms with van der Waals surface area (Å²) in [5.74, 6) is 1.02. The number of hydrogen-bond acceptors (Lipinski definition) is 3. The van der Waals surface area contributed by atoms with E-state index in [1.807, 2.05) is 18.7 Å². The molecule has 0 radical (unpaired) electrons. The Hall–Kier alpha value is -1.26. The first-order chi connectivity index (χ1) is 11.6. The molecule has 0 saturated carbocycles. The lowest BCUT2D eigenvalue weighted by Gasteiger charge is -2.18.